The standard InChI is InChI=1S/C15H22N4O3S/c1-18(2)14-9-16-7-5-13(14)17-15(20)19-8-6-11-3-4-12(10-19)23(11,21)22/h5,7,9,11-12H,3-4,6,8,10H2,1-2H3,(H,16,17,20). The summed E-state index contributed by atoms with van der Waals surface area (Å²) in [5.41, 5.74) is 1.48. The molecule has 2 fully saturated rings. The molecule has 7 nitrogen and oxygen atoms in total. The lowest BCUT2D eigenvalue weighted by Gasteiger charge is -2.25. The molecule has 2 amide bonds. The van der Waals surface area contributed by atoms with Gasteiger partial charge in [-0.1, -0.05) is 0 Å². The van der Waals surface area contributed by atoms with E-state index in [0.29, 0.717) is 25.1 Å². The monoisotopic (exact) mass is 338 g/mol. The SMILES string of the molecule is CN(C)c1cnccc1NC(=O)N1CCC2CCC(C1)S2(=O)=O. The van der Waals surface area contributed by atoms with Crippen LogP contribution in [0.15, 0.2) is 18.5 Å². The van der Waals surface area contributed by atoms with Crippen molar-refractivity contribution in [2.45, 2.75) is 29.8 Å². The third-order valence-corrected chi connectivity index (χ3v) is 7.41. The lowest BCUT2D eigenvalue weighted by molar-refractivity contribution is 0.209. The fourth-order valence-electron chi connectivity index (χ4n) is 3.34. The van der Waals surface area contributed by atoms with Crippen LogP contribution >= 0.6 is 0 Å². The molecule has 126 valence electrons. The number of sulfone groups is 1. The van der Waals surface area contributed by atoms with E-state index in [-0.39, 0.29) is 17.8 Å². The van der Waals surface area contributed by atoms with Crippen molar-refractivity contribution in [2.75, 3.05) is 37.4 Å². The molecular weight excluding hydrogens is 316 g/mol. The second-order valence-corrected chi connectivity index (χ2v) is 8.87. The maximum absolute atomic E-state index is 12.6. The first kappa shape index (κ1) is 16.0. The Labute approximate surface area is 136 Å². The number of fused-ring (bicyclic) bond motifs is 2. The molecule has 1 N–H and O–H groups in total. The lowest BCUT2D eigenvalue weighted by Crippen LogP contribution is -2.40. The van der Waals surface area contributed by atoms with E-state index in [1.54, 1.807) is 23.4 Å². The van der Waals surface area contributed by atoms with E-state index in [9.17, 15) is 13.2 Å². The Hall–Kier alpha value is -1.83. The van der Waals surface area contributed by atoms with Gasteiger partial charge >= 0.3 is 6.03 Å². The van der Waals surface area contributed by atoms with Gasteiger partial charge in [0.15, 0.2) is 9.84 Å². The van der Waals surface area contributed by atoms with Crippen LogP contribution in [-0.2, 0) is 9.84 Å². The molecule has 0 radical (unpaired) electrons. The van der Waals surface area contributed by atoms with E-state index in [4.69, 9.17) is 0 Å². The summed E-state index contributed by atoms with van der Waals surface area (Å²) >= 11 is 0. The number of aromatic nitrogens is 1. The lowest BCUT2D eigenvalue weighted by atomic mass is 10.1. The quantitative estimate of drug-likeness (QED) is 0.880. The Balaban J connectivity index is 1.75. The minimum absolute atomic E-state index is 0.248. The molecule has 23 heavy (non-hydrogen) atoms. The maximum Gasteiger partial charge on any atom is 0.321 e. The average molecular weight is 338 g/mol. The average Bonchev–Trinajstić information content (AvgIpc) is 2.67. The Morgan fingerprint density at radius 2 is 2.04 bits per heavy atom. The van der Waals surface area contributed by atoms with E-state index in [1.165, 1.54) is 0 Å². The number of rotatable bonds is 2. The largest absolute Gasteiger partial charge is 0.375 e. The Bertz CT molecular complexity index is 704. The van der Waals surface area contributed by atoms with E-state index in [2.05, 4.69) is 10.3 Å². The maximum atomic E-state index is 12.6. The van der Waals surface area contributed by atoms with Gasteiger partial charge in [0.05, 0.1) is 28.1 Å². The predicted octanol–water partition coefficient (Wildman–Crippen LogP) is 1.33. The normalized spacial score (nSPS) is 25.7. The van der Waals surface area contributed by atoms with Crippen molar-refractivity contribution >= 4 is 27.2 Å². The first-order chi connectivity index (χ1) is 10.9. The smallest absolute Gasteiger partial charge is 0.321 e. The minimum atomic E-state index is -3.07. The summed E-state index contributed by atoms with van der Waals surface area (Å²) in [7, 11) is 0.692. The molecule has 2 atom stereocenters. The molecule has 2 bridgehead atoms. The van der Waals surface area contributed by atoms with Crippen LogP contribution in [-0.4, -0.2) is 62.0 Å². The van der Waals surface area contributed by atoms with Crippen molar-refractivity contribution in [3.05, 3.63) is 18.5 Å². The van der Waals surface area contributed by atoms with Crippen LogP contribution in [0.1, 0.15) is 19.3 Å². The molecule has 0 aliphatic carbocycles. The molecular formula is C15H22N4O3S. The van der Waals surface area contributed by atoms with Crippen molar-refractivity contribution in [1.82, 2.24) is 9.88 Å². The Kier molecular flexibility index (Phi) is 4.18. The van der Waals surface area contributed by atoms with Crippen molar-refractivity contribution in [3.8, 4) is 0 Å². The summed E-state index contributed by atoms with van der Waals surface area (Å²) in [6.07, 6.45) is 5.23. The predicted molar refractivity (Wildman–Crippen MR) is 89.5 cm³/mol. The topological polar surface area (TPSA) is 82.6 Å². The zero-order valence-electron chi connectivity index (χ0n) is 13.4. The van der Waals surface area contributed by atoms with Crippen LogP contribution < -0.4 is 10.2 Å². The van der Waals surface area contributed by atoms with Crippen LogP contribution in [0.25, 0.3) is 0 Å². The van der Waals surface area contributed by atoms with Gasteiger partial charge < -0.3 is 15.1 Å². The highest BCUT2D eigenvalue weighted by Gasteiger charge is 2.44. The van der Waals surface area contributed by atoms with Gasteiger partial charge in [-0.25, -0.2) is 13.2 Å². The second-order valence-electron chi connectivity index (χ2n) is 6.36. The summed E-state index contributed by atoms with van der Waals surface area (Å²) in [4.78, 5) is 20.1. The first-order valence-electron chi connectivity index (χ1n) is 7.79. The molecule has 2 saturated heterocycles. The van der Waals surface area contributed by atoms with Crippen LogP contribution in [0.3, 0.4) is 0 Å². The van der Waals surface area contributed by atoms with Gasteiger partial charge in [0, 0.05) is 33.4 Å². The summed E-state index contributed by atoms with van der Waals surface area (Å²) in [6.45, 7) is 0.766. The first-order valence-corrected chi connectivity index (χ1v) is 9.40. The highest BCUT2D eigenvalue weighted by atomic mass is 32.2. The van der Waals surface area contributed by atoms with E-state index < -0.39 is 15.1 Å². The molecule has 2 unspecified atom stereocenters. The van der Waals surface area contributed by atoms with Gasteiger partial charge in [0.1, 0.15) is 0 Å². The van der Waals surface area contributed by atoms with Crippen LogP contribution in [0, 0.1) is 0 Å². The summed E-state index contributed by atoms with van der Waals surface area (Å²) < 4.78 is 24.6. The Morgan fingerprint density at radius 1 is 1.30 bits per heavy atom. The molecule has 3 rings (SSSR count). The zero-order chi connectivity index (χ0) is 16.6. The number of amides is 2. The van der Waals surface area contributed by atoms with Crippen LogP contribution in [0.2, 0.25) is 0 Å². The molecule has 0 spiro atoms. The van der Waals surface area contributed by atoms with Gasteiger partial charge in [0.2, 0.25) is 0 Å². The molecule has 1 aromatic rings. The summed E-state index contributed by atoms with van der Waals surface area (Å²) in [5.74, 6) is 0. The molecule has 3 heterocycles. The van der Waals surface area contributed by atoms with Gasteiger partial charge in [-0.15, -0.1) is 0 Å². The van der Waals surface area contributed by atoms with Gasteiger partial charge in [0.25, 0.3) is 0 Å². The number of likely N-dealkylation sites (tertiary alicyclic amines) is 1. The van der Waals surface area contributed by atoms with E-state index in [1.807, 2.05) is 19.0 Å². The van der Waals surface area contributed by atoms with Crippen molar-refractivity contribution in [2.24, 2.45) is 0 Å². The van der Waals surface area contributed by atoms with Crippen molar-refractivity contribution in [1.29, 1.82) is 0 Å². The fourth-order valence-corrected chi connectivity index (χ4v) is 5.64. The number of pyridine rings is 1. The summed E-state index contributed by atoms with van der Waals surface area (Å²) in [6, 6.07) is 1.50. The Morgan fingerprint density at radius 3 is 2.78 bits per heavy atom. The highest BCUT2D eigenvalue weighted by molar-refractivity contribution is 7.93. The number of nitrogens with one attached hydrogen (secondary N) is 1. The van der Waals surface area contributed by atoms with Crippen molar-refractivity contribution in [3.63, 3.8) is 0 Å². The van der Waals surface area contributed by atoms with E-state index >= 15 is 0 Å². The molecule has 0 saturated carbocycles. The molecule has 2 aliphatic heterocycles. The number of urea groups is 1. The zero-order valence-corrected chi connectivity index (χ0v) is 14.2. The molecule has 2 aliphatic rings. The number of nitrogens with zero attached hydrogens (tertiary/aromatic N) is 3. The van der Waals surface area contributed by atoms with Gasteiger partial charge in [-0.3, -0.25) is 4.98 Å². The number of anilines is 2. The summed E-state index contributed by atoms with van der Waals surface area (Å²) in [5, 5.41) is 2.20. The number of hydrogen-bond acceptors (Lipinski definition) is 5. The van der Waals surface area contributed by atoms with Gasteiger partial charge in [-0.2, -0.15) is 0 Å². The van der Waals surface area contributed by atoms with E-state index in [0.717, 1.165) is 12.1 Å². The molecule has 8 heteroatoms. The number of carbonyl (C=O) groups excluding carboxylic acids is 1. The van der Waals surface area contributed by atoms with Gasteiger partial charge in [-0.05, 0) is 25.3 Å². The third-order valence-electron chi connectivity index (χ3n) is 4.70. The van der Waals surface area contributed by atoms with Crippen molar-refractivity contribution < 1.29 is 13.2 Å². The fraction of sp³-hybridized carbons (Fsp3) is 0.600. The van der Waals surface area contributed by atoms with Crippen LogP contribution in [0.5, 0.6) is 0 Å². The van der Waals surface area contributed by atoms with Crippen LogP contribution in [0.4, 0.5) is 16.2 Å². The third kappa shape index (κ3) is 2.99. The molecule has 0 aromatic carbocycles. The minimum Gasteiger partial charge on any atom is -0.375 e. The second kappa shape index (κ2) is 5.99. The number of carbonyl (C=O) groups is 1. The number of hydrogen-bond donors (Lipinski definition) is 1. The highest BCUT2D eigenvalue weighted by Crippen LogP contribution is 2.33. The molecule has 1 aromatic heterocycles.